The van der Waals surface area contributed by atoms with Gasteiger partial charge in [0.25, 0.3) is 0 Å². The molecule has 0 spiro atoms. The summed E-state index contributed by atoms with van der Waals surface area (Å²) in [5, 5.41) is 8.95. The minimum atomic E-state index is 0.0567. The first-order valence-corrected chi connectivity index (χ1v) is 4.74. The van der Waals surface area contributed by atoms with Gasteiger partial charge in [-0.25, -0.2) is 0 Å². The summed E-state index contributed by atoms with van der Waals surface area (Å²) in [6, 6.07) is 0. The standard InChI is InChI=1S/C10H20O2/c1-7(2)5-8-10(3,4)9(6-11)12-8/h7-9,11H,5-6H2,1-4H3/t8-,9+/m0/s1. The minimum absolute atomic E-state index is 0.0567. The van der Waals surface area contributed by atoms with E-state index in [0.29, 0.717) is 12.0 Å². The molecule has 1 N–H and O–H groups in total. The van der Waals surface area contributed by atoms with Gasteiger partial charge in [-0.05, 0) is 12.3 Å². The topological polar surface area (TPSA) is 29.5 Å². The molecule has 1 heterocycles. The Labute approximate surface area is 74.9 Å². The SMILES string of the molecule is CC(C)C[C@@H]1O[C@H](CO)C1(C)C. The van der Waals surface area contributed by atoms with Gasteiger partial charge in [-0.2, -0.15) is 0 Å². The average Bonchev–Trinajstić information content (AvgIpc) is 1.96. The molecule has 1 rings (SSSR count). The van der Waals surface area contributed by atoms with Crippen LogP contribution in [0.3, 0.4) is 0 Å². The number of hydrogen-bond donors (Lipinski definition) is 1. The fraction of sp³-hybridized carbons (Fsp3) is 1.00. The van der Waals surface area contributed by atoms with E-state index in [4.69, 9.17) is 9.84 Å². The summed E-state index contributed by atoms with van der Waals surface area (Å²) in [6.07, 6.45) is 1.50. The summed E-state index contributed by atoms with van der Waals surface area (Å²) in [6.45, 7) is 8.90. The van der Waals surface area contributed by atoms with Crippen LogP contribution in [-0.4, -0.2) is 23.9 Å². The molecule has 0 saturated carbocycles. The van der Waals surface area contributed by atoms with Crippen LogP contribution < -0.4 is 0 Å². The van der Waals surface area contributed by atoms with Gasteiger partial charge >= 0.3 is 0 Å². The molecule has 2 heteroatoms. The molecule has 0 aromatic heterocycles. The molecule has 0 amide bonds. The fourth-order valence-corrected chi connectivity index (χ4v) is 1.75. The molecule has 2 nitrogen and oxygen atoms in total. The van der Waals surface area contributed by atoms with E-state index in [1.54, 1.807) is 0 Å². The van der Waals surface area contributed by atoms with Crippen molar-refractivity contribution in [2.24, 2.45) is 11.3 Å². The second kappa shape index (κ2) is 3.35. The Balaban J connectivity index is 2.42. The normalized spacial score (nSPS) is 33.5. The molecule has 0 radical (unpaired) electrons. The molecule has 1 fully saturated rings. The Bertz CT molecular complexity index is 152. The fourth-order valence-electron chi connectivity index (χ4n) is 1.75. The van der Waals surface area contributed by atoms with Crippen molar-refractivity contribution in [1.29, 1.82) is 0 Å². The summed E-state index contributed by atoms with van der Waals surface area (Å²) < 4.78 is 5.56. The molecular formula is C10H20O2. The summed E-state index contributed by atoms with van der Waals surface area (Å²) in [5.74, 6) is 0.675. The van der Waals surface area contributed by atoms with Crippen LogP contribution in [0.5, 0.6) is 0 Å². The van der Waals surface area contributed by atoms with E-state index in [0.717, 1.165) is 6.42 Å². The first-order chi connectivity index (χ1) is 5.48. The van der Waals surface area contributed by atoms with Crippen molar-refractivity contribution in [1.82, 2.24) is 0 Å². The number of rotatable bonds is 3. The van der Waals surface area contributed by atoms with Gasteiger partial charge in [-0.15, -0.1) is 0 Å². The van der Waals surface area contributed by atoms with Crippen LogP contribution in [0.25, 0.3) is 0 Å². The first kappa shape index (κ1) is 10.0. The van der Waals surface area contributed by atoms with Crippen molar-refractivity contribution in [3.05, 3.63) is 0 Å². The Morgan fingerprint density at radius 3 is 2.25 bits per heavy atom. The molecule has 12 heavy (non-hydrogen) atoms. The lowest BCUT2D eigenvalue weighted by atomic mass is 9.72. The quantitative estimate of drug-likeness (QED) is 0.703. The molecule has 1 saturated heterocycles. The van der Waals surface area contributed by atoms with Crippen molar-refractivity contribution in [3.63, 3.8) is 0 Å². The van der Waals surface area contributed by atoms with Gasteiger partial charge in [-0.3, -0.25) is 0 Å². The van der Waals surface area contributed by atoms with Gasteiger partial charge in [0.05, 0.1) is 18.8 Å². The average molecular weight is 172 g/mol. The third kappa shape index (κ3) is 1.64. The zero-order valence-corrected chi connectivity index (χ0v) is 8.50. The molecule has 0 unspecified atom stereocenters. The lowest BCUT2D eigenvalue weighted by molar-refractivity contribution is -0.250. The molecular weight excluding hydrogens is 152 g/mol. The Kier molecular flexibility index (Phi) is 2.79. The zero-order chi connectivity index (χ0) is 9.35. The summed E-state index contributed by atoms with van der Waals surface area (Å²) in [7, 11) is 0. The highest BCUT2D eigenvalue weighted by molar-refractivity contribution is 4.96. The van der Waals surface area contributed by atoms with Crippen LogP contribution in [0.2, 0.25) is 0 Å². The van der Waals surface area contributed by atoms with Crippen LogP contribution >= 0.6 is 0 Å². The smallest absolute Gasteiger partial charge is 0.0885 e. The largest absolute Gasteiger partial charge is 0.394 e. The van der Waals surface area contributed by atoms with Crippen LogP contribution in [0.4, 0.5) is 0 Å². The second-order valence-corrected chi connectivity index (χ2v) is 4.75. The summed E-state index contributed by atoms with van der Waals surface area (Å²) >= 11 is 0. The van der Waals surface area contributed by atoms with E-state index in [2.05, 4.69) is 27.7 Å². The van der Waals surface area contributed by atoms with Gasteiger partial charge in [-0.1, -0.05) is 27.7 Å². The maximum atomic E-state index is 8.95. The molecule has 72 valence electrons. The van der Waals surface area contributed by atoms with Crippen molar-refractivity contribution >= 4 is 0 Å². The number of hydrogen-bond acceptors (Lipinski definition) is 2. The Morgan fingerprint density at radius 1 is 1.33 bits per heavy atom. The van der Waals surface area contributed by atoms with Gasteiger partial charge in [0.2, 0.25) is 0 Å². The number of aliphatic hydroxyl groups excluding tert-OH is 1. The molecule has 1 aliphatic rings. The molecule has 1 aliphatic heterocycles. The molecule has 0 aliphatic carbocycles. The van der Waals surface area contributed by atoms with Crippen molar-refractivity contribution in [3.8, 4) is 0 Å². The lowest BCUT2D eigenvalue weighted by Gasteiger charge is -2.52. The third-order valence-corrected chi connectivity index (χ3v) is 2.84. The van der Waals surface area contributed by atoms with Gasteiger partial charge in [0.15, 0.2) is 0 Å². The molecule has 0 aromatic rings. The van der Waals surface area contributed by atoms with Crippen LogP contribution in [-0.2, 0) is 4.74 Å². The monoisotopic (exact) mass is 172 g/mol. The summed E-state index contributed by atoms with van der Waals surface area (Å²) in [4.78, 5) is 0. The van der Waals surface area contributed by atoms with Crippen molar-refractivity contribution in [2.75, 3.05) is 6.61 Å². The van der Waals surface area contributed by atoms with Crippen LogP contribution in [0, 0.1) is 11.3 Å². The molecule has 0 aromatic carbocycles. The molecule has 0 bridgehead atoms. The van der Waals surface area contributed by atoms with Crippen molar-refractivity contribution in [2.45, 2.75) is 46.3 Å². The number of ether oxygens (including phenoxy) is 1. The van der Waals surface area contributed by atoms with E-state index >= 15 is 0 Å². The zero-order valence-electron chi connectivity index (χ0n) is 8.50. The Hall–Kier alpha value is -0.0800. The van der Waals surface area contributed by atoms with E-state index in [-0.39, 0.29) is 18.1 Å². The van der Waals surface area contributed by atoms with E-state index in [1.807, 2.05) is 0 Å². The first-order valence-electron chi connectivity index (χ1n) is 4.74. The second-order valence-electron chi connectivity index (χ2n) is 4.75. The van der Waals surface area contributed by atoms with Gasteiger partial charge in [0.1, 0.15) is 0 Å². The lowest BCUT2D eigenvalue weighted by Crippen LogP contribution is -2.58. The van der Waals surface area contributed by atoms with Crippen molar-refractivity contribution < 1.29 is 9.84 Å². The highest BCUT2D eigenvalue weighted by Gasteiger charge is 2.48. The summed E-state index contributed by atoms with van der Waals surface area (Å²) in [5.41, 5.74) is 0.166. The highest BCUT2D eigenvalue weighted by Crippen LogP contribution is 2.43. The Morgan fingerprint density at radius 2 is 1.92 bits per heavy atom. The van der Waals surface area contributed by atoms with Crippen LogP contribution in [0.1, 0.15) is 34.1 Å². The van der Waals surface area contributed by atoms with E-state index in [9.17, 15) is 0 Å². The molecule has 2 atom stereocenters. The third-order valence-electron chi connectivity index (χ3n) is 2.84. The van der Waals surface area contributed by atoms with E-state index < -0.39 is 0 Å². The predicted octanol–water partition coefficient (Wildman–Crippen LogP) is 1.82. The maximum absolute atomic E-state index is 8.95. The minimum Gasteiger partial charge on any atom is -0.394 e. The van der Waals surface area contributed by atoms with Gasteiger partial charge < -0.3 is 9.84 Å². The number of aliphatic hydroxyl groups is 1. The van der Waals surface area contributed by atoms with E-state index in [1.165, 1.54) is 0 Å². The highest BCUT2D eigenvalue weighted by atomic mass is 16.5. The van der Waals surface area contributed by atoms with Crippen LogP contribution in [0.15, 0.2) is 0 Å². The van der Waals surface area contributed by atoms with Gasteiger partial charge in [0, 0.05) is 5.41 Å². The maximum Gasteiger partial charge on any atom is 0.0885 e. The predicted molar refractivity (Wildman–Crippen MR) is 49.0 cm³/mol.